The highest BCUT2D eigenvalue weighted by atomic mass is 79.9. The first-order valence-electron chi connectivity index (χ1n) is 4.17. The number of pyridine rings is 1. The third kappa shape index (κ3) is 1.42. The molecule has 72 valence electrons. The lowest BCUT2D eigenvalue weighted by Gasteiger charge is -2.27. The molecule has 14 heavy (non-hydrogen) atoms. The van der Waals surface area contributed by atoms with Gasteiger partial charge in [-0.05, 0) is 22.0 Å². The van der Waals surface area contributed by atoms with E-state index < -0.39 is 0 Å². The van der Waals surface area contributed by atoms with Crippen LogP contribution in [0.25, 0.3) is 0 Å². The van der Waals surface area contributed by atoms with Gasteiger partial charge in [0.2, 0.25) is 0 Å². The van der Waals surface area contributed by atoms with Gasteiger partial charge in [0, 0.05) is 7.05 Å². The van der Waals surface area contributed by atoms with Gasteiger partial charge in [0.15, 0.2) is 11.6 Å². The van der Waals surface area contributed by atoms with Crippen LogP contribution < -0.4 is 9.64 Å². The Morgan fingerprint density at radius 3 is 3.21 bits per heavy atom. The Hall–Kier alpha value is -1.28. The molecule has 0 atom stereocenters. The molecule has 1 aromatic rings. The lowest BCUT2D eigenvalue weighted by Crippen LogP contribution is -2.30. The molecule has 0 bridgehead atoms. The second kappa shape index (κ2) is 3.46. The smallest absolute Gasteiger partial charge is 0.176 e. The number of ether oxygens (including phenoxy) is 1. The minimum Gasteiger partial charge on any atom is -0.487 e. The summed E-state index contributed by atoms with van der Waals surface area (Å²) in [5.74, 6) is 1.44. The second-order valence-corrected chi connectivity index (χ2v) is 3.88. The molecule has 5 heteroatoms. The zero-order chi connectivity index (χ0) is 10.1. The van der Waals surface area contributed by atoms with E-state index in [-0.39, 0.29) is 0 Å². The molecule has 0 spiro atoms. The summed E-state index contributed by atoms with van der Waals surface area (Å²) in [6.07, 6.45) is 0. The average Bonchev–Trinajstić information content (AvgIpc) is 2.19. The fourth-order valence-electron chi connectivity index (χ4n) is 1.33. The molecule has 1 aromatic heterocycles. The highest BCUT2D eigenvalue weighted by Crippen LogP contribution is 2.36. The predicted molar refractivity (Wildman–Crippen MR) is 55.4 cm³/mol. The normalized spacial score (nSPS) is 14.2. The molecular formula is C9H8BrN3O. The number of likely N-dealkylation sites (N-methyl/N-ethyl adjacent to an activating group) is 1. The van der Waals surface area contributed by atoms with E-state index in [2.05, 4.69) is 20.9 Å². The summed E-state index contributed by atoms with van der Waals surface area (Å²) in [5.41, 5.74) is 0.396. The third-order valence-electron chi connectivity index (χ3n) is 2.06. The zero-order valence-corrected chi connectivity index (χ0v) is 9.21. The lowest BCUT2D eigenvalue weighted by atomic mass is 10.3. The molecule has 2 rings (SSSR count). The van der Waals surface area contributed by atoms with Gasteiger partial charge in [0.25, 0.3) is 0 Å². The Labute approximate surface area is 90.2 Å². The molecule has 0 saturated heterocycles. The van der Waals surface area contributed by atoms with Crippen LogP contribution in [-0.2, 0) is 0 Å². The largest absolute Gasteiger partial charge is 0.487 e. The van der Waals surface area contributed by atoms with E-state index in [9.17, 15) is 0 Å². The van der Waals surface area contributed by atoms with Gasteiger partial charge in [-0.2, -0.15) is 5.26 Å². The minimum atomic E-state index is 0.396. The topological polar surface area (TPSA) is 49.1 Å². The SMILES string of the molecule is CN1CCOc2c(Br)cc(C#N)nc21. The van der Waals surface area contributed by atoms with Gasteiger partial charge in [-0.15, -0.1) is 0 Å². The number of nitriles is 1. The number of aromatic nitrogens is 1. The molecule has 0 amide bonds. The van der Waals surface area contributed by atoms with Gasteiger partial charge in [0.05, 0.1) is 11.0 Å². The van der Waals surface area contributed by atoms with E-state index in [1.165, 1.54) is 0 Å². The van der Waals surface area contributed by atoms with Gasteiger partial charge in [0.1, 0.15) is 18.4 Å². The van der Waals surface area contributed by atoms with Gasteiger partial charge in [-0.3, -0.25) is 0 Å². The summed E-state index contributed by atoms with van der Waals surface area (Å²) < 4.78 is 6.25. The fraction of sp³-hybridized carbons (Fsp3) is 0.333. The van der Waals surface area contributed by atoms with Crippen LogP contribution in [0.3, 0.4) is 0 Å². The van der Waals surface area contributed by atoms with Crippen molar-refractivity contribution in [1.82, 2.24) is 4.98 Å². The van der Waals surface area contributed by atoms with Crippen molar-refractivity contribution < 1.29 is 4.74 Å². The Morgan fingerprint density at radius 1 is 1.71 bits per heavy atom. The average molecular weight is 254 g/mol. The van der Waals surface area contributed by atoms with E-state index in [4.69, 9.17) is 10.00 Å². The summed E-state index contributed by atoms with van der Waals surface area (Å²) in [4.78, 5) is 6.16. The second-order valence-electron chi connectivity index (χ2n) is 3.02. The number of fused-ring (bicyclic) bond motifs is 1. The Bertz CT molecular complexity index is 413. The summed E-state index contributed by atoms with van der Waals surface area (Å²) in [5, 5.41) is 8.76. The number of rotatable bonds is 0. The van der Waals surface area contributed by atoms with E-state index in [1.54, 1.807) is 6.07 Å². The zero-order valence-electron chi connectivity index (χ0n) is 7.62. The number of nitrogens with zero attached hydrogens (tertiary/aromatic N) is 3. The lowest BCUT2D eigenvalue weighted by molar-refractivity contribution is 0.307. The first-order chi connectivity index (χ1) is 6.72. The summed E-state index contributed by atoms with van der Waals surface area (Å²) in [7, 11) is 1.93. The molecule has 4 nitrogen and oxygen atoms in total. The molecular weight excluding hydrogens is 246 g/mol. The van der Waals surface area contributed by atoms with Crippen LogP contribution in [0.4, 0.5) is 5.82 Å². The van der Waals surface area contributed by atoms with Gasteiger partial charge >= 0.3 is 0 Å². The molecule has 1 aliphatic rings. The van der Waals surface area contributed by atoms with Gasteiger partial charge < -0.3 is 9.64 Å². The molecule has 0 radical (unpaired) electrons. The number of hydrogen-bond donors (Lipinski definition) is 0. The van der Waals surface area contributed by atoms with Crippen LogP contribution in [0.1, 0.15) is 5.69 Å². The third-order valence-corrected chi connectivity index (χ3v) is 2.65. The van der Waals surface area contributed by atoms with Crippen LogP contribution in [0.15, 0.2) is 10.5 Å². The van der Waals surface area contributed by atoms with Crippen LogP contribution in [0.2, 0.25) is 0 Å². The Morgan fingerprint density at radius 2 is 2.50 bits per heavy atom. The molecule has 0 saturated carbocycles. The Kier molecular flexibility index (Phi) is 2.30. The quantitative estimate of drug-likeness (QED) is 0.704. The van der Waals surface area contributed by atoms with Crippen LogP contribution in [-0.4, -0.2) is 25.2 Å². The number of anilines is 1. The summed E-state index contributed by atoms with van der Waals surface area (Å²) >= 11 is 3.36. The Balaban J connectivity index is 2.58. The van der Waals surface area contributed by atoms with Gasteiger partial charge in [-0.25, -0.2) is 4.98 Å². The van der Waals surface area contributed by atoms with Crippen molar-refractivity contribution in [1.29, 1.82) is 5.26 Å². The van der Waals surface area contributed by atoms with Crippen molar-refractivity contribution in [2.24, 2.45) is 0 Å². The summed E-state index contributed by atoms with van der Waals surface area (Å²) in [6.45, 7) is 1.44. The van der Waals surface area contributed by atoms with Crippen molar-refractivity contribution in [2.75, 3.05) is 25.1 Å². The first-order valence-corrected chi connectivity index (χ1v) is 4.96. The maximum absolute atomic E-state index is 8.76. The van der Waals surface area contributed by atoms with E-state index >= 15 is 0 Å². The van der Waals surface area contributed by atoms with E-state index in [0.717, 1.165) is 22.6 Å². The van der Waals surface area contributed by atoms with Crippen molar-refractivity contribution in [2.45, 2.75) is 0 Å². The van der Waals surface area contributed by atoms with Crippen LogP contribution in [0.5, 0.6) is 5.75 Å². The molecule has 0 aromatic carbocycles. The van der Waals surface area contributed by atoms with Gasteiger partial charge in [-0.1, -0.05) is 0 Å². The van der Waals surface area contributed by atoms with Crippen LogP contribution >= 0.6 is 15.9 Å². The maximum atomic E-state index is 8.76. The maximum Gasteiger partial charge on any atom is 0.176 e. The molecule has 0 unspecified atom stereocenters. The number of halogens is 1. The van der Waals surface area contributed by atoms with Crippen molar-refractivity contribution in [3.05, 3.63) is 16.2 Å². The molecule has 1 aliphatic heterocycles. The van der Waals surface area contributed by atoms with Crippen LogP contribution in [0, 0.1) is 11.3 Å². The van der Waals surface area contributed by atoms with Crippen molar-refractivity contribution >= 4 is 21.7 Å². The minimum absolute atomic E-state index is 0.396. The molecule has 0 aliphatic carbocycles. The van der Waals surface area contributed by atoms with Crippen molar-refractivity contribution in [3.8, 4) is 11.8 Å². The number of hydrogen-bond acceptors (Lipinski definition) is 4. The highest BCUT2D eigenvalue weighted by molar-refractivity contribution is 9.10. The van der Waals surface area contributed by atoms with E-state index in [0.29, 0.717) is 12.3 Å². The predicted octanol–water partition coefficient (Wildman–Crippen LogP) is 1.54. The standard InChI is InChI=1S/C9H8BrN3O/c1-13-2-3-14-8-7(10)4-6(5-11)12-9(8)13/h4H,2-3H2,1H3. The molecule has 0 fully saturated rings. The van der Waals surface area contributed by atoms with E-state index in [1.807, 2.05) is 18.0 Å². The first kappa shape index (κ1) is 9.28. The fourth-order valence-corrected chi connectivity index (χ4v) is 1.84. The van der Waals surface area contributed by atoms with Crippen molar-refractivity contribution in [3.63, 3.8) is 0 Å². The monoisotopic (exact) mass is 253 g/mol. The summed E-state index contributed by atoms with van der Waals surface area (Å²) in [6, 6.07) is 3.68. The highest BCUT2D eigenvalue weighted by Gasteiger charge is 2.20. The molecule has 0 N–H and O–H groups in total. The molecule has 2 heterocycles.